The summed E-state index contributed by atoms with van der Waals surface area (Å²) in [6.07, 6.45) is 1.71. The number of ether oxygens (including phenoxy) is 2. The topological polar surface area (TPSA) is 79.6 Å². The van der Waals surface area contributed by atoms with Gasteiger partial charge in [0.15, 0.2) is 13.2 Å². The van der Waals surface area contributed by atoms with Crippen molar-refractivity contribution in [1.29, 1.82) is 5.26 Å². The third-order valence-corrected chi connectivity index (χ3v) is 4.30. The summed E-state index contributed by atoms with van der Waals surface area (Å²) in [5, 5.41) is 8.74. The van der Waals surface area contributed by atoms with Gasteiger partial charge in [0.25, 0.3) is 5.91 Å². The molecule has 1 aliphatic rings. The number of carbonyl (C=O) groups is 2. The molecule has 0 saturated heterocycles. The summed E-state index contributed by atoms with van der Waals surface area (Å²) in [5.41, 5.74) is 0.911. The molecule has 0 atom stereocenters. The van der Waals surface area contributed by atoms with Gasteiger partial charge in [0, 0.05) is 18.2 Å². The molecule has 0 aliphatic heterocycles. The minimum atomic E-state index is -0.681. The van der Waals surface area contributed by atoms with E-state index in [1.54, 1.807) is 47.4 Å². The average Bonchev–Trinajstić information content (AvgIpc) is 3.55. The van der Waals surface area contributed by atoms with Crippen LogP contribution < -0.4 is 4.74 Å². The molecule has 144 valence electrons. The molecule has 0 spiro atoms. The first kappa shape index (κ1) is 19.4. The summed E-state index contributed by atoms with van der Waals surface area (Å²) >= 11 is 0. The van der Waals surface area contributed by atoms with Crippen molar-refractivity contribution in [2.45, 2.75) is 25.4 Å². The number of carbonyl (C=O) groups excluding carboxylic acids is 2. The van der Waals surface area contributed by atoms with E-state index in [9.17, 15) is 14.0 Å². The highest BCUT2D eigenvalue weighted by Crippen LogP contribution is 2.29. The number of esters is 1. The van der Waals surface area contributed by atoms with Crippen LogP contribution in [0.15, 0.2) is 48.5 Å². The first-order valence-corrected chi connectivity index (χ1v) is 8.88. The fraction of sp³-hybridized carbons (Fsp3) is 0.286. The zero-order valence-corrected chi connectivity index (χ0v) is 15.1. The number of nitrogens with zero attached hydrogens (tertiary/aromatic N) is 2. The Kier molecular flexibility index (Phi) is 6.22. The van der Waals surface area contributed by atoms with Crippen LogP contribution in [-0.2, 0) is 20.9 Å². The lowest BCUT2D eigenvalue weighted by Gasteiger charge is -2.22. The number of hydrogen-bond acceptors (Lipinski definition) is 5. The van der Waals surface area contributed by atoms with Crippen molar-refractivity contribution in [1.82, 2.24) is 4.90 Å². The van der Waals surface area contributed by atoms with Gasteiger partial charge in [-0.25, -0.2) is 9.18 Å². The highest BCUT2D eigenvalue weighted by molar-refractivity contribution is 5.81. The van der Waals surface area contributed by atoms with Gasteiger partial charge in [0.2, 0.25) is 0 Å². The van der Waals surface area contributed by atoms with Gasteiger partial charge in [-0.1, -0.05) is 18.2 Å². The molecule has 0 bridgehead atoms. The SMILES string of the molecule is N#Cc1ccc(OCC(=O)OCC(=O)N(Cc2ccccc2F)C2CC2)cc1. The van der Waals surface area contributed by atoms with Crippen LogP contribution in [0.4, 0.5) is 4.39 Å². The van der Waals surface area contributed by atoms with E-state index in [1.807, 2.05) is 6.07 Å². The number of amides is 1. The van der Waals surface area contributed by atoms with Crippen LogP contribution in [0.1, 0.15) is 24.0 Å². The van der Waals surface area contributed by atoms with Crippen LogP contribution in [0, 0.1) is 17.1 Å². The zero-order chi connectivity index (χ0) is 19.9. The molecule has 1 fully saturated rings. The Morgan fingerprint density at radius 1 is 1.11 bits per heavy atom. The molecule has 6 nitrogen and oxygen atoms in total. The van der Waals surface area contributed by atoms with Gasteiger partial charge in [-0.15, -0.1) is 0 Å². The molecule has 0 unspecified atom stereocenters. The Morgan fingerprint density at radius 3 is 2.46 bits per heavy atom. The molecular weight excluding hydrogens is 363 g/mol. The summed E-state index contributed by atoms with van der Waals surface area (Å²) in [4.78, 5) is 25.8. The van der Waals surface area contributed by atoms with Crippen molar-refractivity contribution in [3.8, 4) is 11.8 Å². The molecule has 3 rings (SSSR count). The second-order valence-electron chi connectivity index (χ2n) is 6.43. The Hall–Kier alpha value is -3.40. The van der Waals surface area contributed by atoms with Gasteiger partial charge in [0.1, 0.15) is 11.6 Å². The van der Waals surface area contributed by atoms with Crippen LogP contribution >= 0.6 is 0 Å². The third-order valence-electron chi connectivity index (χ3n) is 4.30. The molecule has 2 aromatic rings. The number of hydrogen-bond donors (Lipinski definition) is 0. The summed E-state index contributed by atoms with van der Waals surface area (Å²) in [5.74, 6) is -0.993. The van der Waals surface area contributed by atoms with Crippen molar-refractivity contribution in [3.63, 3.8) is 0 Å². The van der Waals surface area contributed by atoms with E-state index < -0.39 is 12.6 Å². The fourth-order valence-electron chi connectivity index (χ4n) is 2.65. The van der Waals surface area contributed by atoms with Gasteiger partial charge in [-0.05, 0) is 43.2 Å². The lowest BCUT2D eigenvalue weighted by molar-refractivity contribution is -0.154. The minimum Gasteiger partial charge on any atom is -0.482 e. The number of benzene rings is 2. The Morgan fingerprint density at radius 2 is 1.82 bits per heavy atom. The highest BCUT2D eigenvalue weighted by atomic mass is 19.1. The largest absolute Gasteiger partial charge is 0.482 e. The van der Waals surface area contributed by atoms with Crippen molar-refractivity contribution in [2.75, 3.05) is 13.2 Å². The van der Waals surface area contributed by atoms with Crippen LogP contribution in [0.25, 0.3) is 0 Å². The smallest absolute Gasteiger partial charge is 0.344 e. The maximum absolute atomic E-state index is 13.9. The lowest BCUT2D eigenvalue weighted by Crippen LogP contribution is -2.36. The maximum Gasteiger partial charge on any atom is 0.344 e. The first-order valence-electron chi connectivity index (χ1n) is 8.88. The summed E-state index contributed by atoms with van der Waals surface area (Å²) in [6, 6.07) is 14.6. The number of rotatable bonds is 8. The van der Waals surface area contributed by atoms with Crippen molar-refractivity contribution in [3.05, 3.63) is 65.5 Å². The van der Waals surface area contributed by atoms with Gasteiger partial charge in [-0.3, -0.25) is 4.79 Å². The van der Waals surface area contributed by atoms with Crippen LogP contribution in [0.5, 0.6) is 5.75 Å². The van der Waals surface area contributed by atoms with E-state index in [0.29, 0.717) is 16.9 Å². The number of nitriles is 1. The van der Waals surface area contributed by atoms with Crippen molar-refractivity contribution < 1.29 is 23.5 Å². The average molecular weight is 382 g/mol. The molecular formula is C21H19FN2O4. The second kappa shape index (κ2) is 9.00. The van der Waals surface area contributed by atoms with E-state index >= 15 is 0 Å². The van der Waals surface area contributed by atoms with E-state index in [-0.39, 0.29) is 30.9 Å². The molecule has 2 aromatic carbocycles. The monoisotopic (exact) mass is 382 g/mol. The number of halogens is 1. The van der Waals surface area contributed by atoms with E-state index in [0.717, 1.165) is 12.8 Å². The molecule has 0 N–H and O–H groups in total. The summed E-state index contributed by atoms with van der Waals surface area (Å²) < 4.78 is 24.1. The molecule has 1 aliphatic carbocycles. The highest BCUT2D eigenvalue weighted by Gasteiger charge is 2.33. The lowest BCUT2D eigenvalue weighted by atomic mass is 10.2. The van der Waals surface area contributed by atoms with Gasteiger partial charge in [0.05, 0.1) is 11.6 Å². The quantitative estimate of drug-likeness (QED) is 0.656. The standard InChI is InChI=1S/C21H19FN2O4/c22-19-4-2-1-3-16(19)12-24(17-7-8-17)20(25)13-28-21(26)14-27-18-9-5-15(11-23)6-10-18/h1-6,9-10,17H,7-8,12-14H2. The third kappa shape index (κ3) is 5.30. The van der Waals surface area contributed by atoms with E-state index in [1.165, 1.54) is 6.07 Å². The molecule has 28 heavy (non-hydrogen) atoms. The fourth-order valence-corrected chi connectivity index (χ4v) is 2.65. The van der Waals surface area contributed by atoms with E-state index in [4.69, 9.17) is 14.7 Å². The van der Waals surface area contributed by atoms with E-state index in [2.05, 4.69) is 0 Å². The first-order chi connectivity index (χ1) is 13.6. The van der Waals surface area contributed by atoms with Crippen LogP contribution in [0.2, 0.25) is 0 Å². The molecule has 0 radical (unpaired) electrons. The normalized spacial score (nSPS) is 12.7. The second-order valence-corrected chi connectivity index (χ2v) is 6.43. The van der Waals surface area contributed by atoms with Crippen LogP contribution in [-0.4, -0.2) is 36.0 Å². The van der Waals surface area contributed by atoms with Crippen molar-refractivity contribution in [2.24, 2.45) is 0 Å². The Balaban J connectivity index is 1.48. The van der Waals surface area contributed by atoms with Crippen molar-refractivity contribution >= 4 is 11.9 Å². The maximum atomic E-state index is 13.9. The zero-order valence-electron chi connectivity index (χ0n) is 15.1. The Bertz CT molecular complexity index is 888. The predicted molar refractivity (Wildman–Crippen MR) is 97.6 cm³/mol. The van der Waals surface area contributed by atoms with Gasteiger partial charge in [-0.2, -0.15) is 5.26 Å². The van der Waals surface area contributed by atoms with Gasteiger partial charge >= 0.3 is 5.97 Å². The predicted octanol–water partition coefficient (Wildman–Crippen LogP) is 2.81. The summed E-state index contributed by atoms with van der Waals surface area (Å²) in [7, 11) is 0. The minimum absolute atomic E-state index is 0.0562. The molecule has 0 aromatic heterocycles. The molecule has 0 heterocycles. The van der Waals surface area contributed by atoms with Crippen LogP contribution in [0.3, 0.4) is 0 Å². The summed E-state index contributed by atoms with van der Waals surface area (Å²) in [6.45, 7) is -0.619. The molecule has 7 heteroatoms. The van der Waals surface area contributed by atoms with Gasteiger partial charge < -0.3 is 14.4 Å². The molecule has 1 saturated carbocycles. The molecule has 1 amide bonds. The Labute approximate surface area is 162 Å².